The number of benzene rings is 2. The highest BCUT2D eigenvalue weighted by Crippen LogP contribution is 2.45. The Hall–Kier alpha value is -4.27. The molecule has 2 aromatic carbocycles. The van der Waals surface area contributed by atoms with Crippen molar-refractivity contribution in [2.45, 2.75) is 19.0 Å². The quantitative estimate of drug-likeness (QED) is 0.212. The van der Waals surface area contributed by atoms with Crippen molar-refractivity contribution in [2.24, 2.45) is 0 Å². The lowest BCUT2D eigenvalue weighted by molar-refractivity contribution is -0.695. The molecule has 0 radical (unpaired) electrons. The van der Waals surface area contributed by atoms with E-state index in [1.54, 1.807) is 42.5 Å². The standard InChI is InChI=1S/C26H27N3O6/c1-33-18-8-4-7-17(15-18)23(30)21-22(19-9-5-10-20(34-2)25(19)35-3)29(26(32)24(21)31)13-6-12-28-14-11-27-16-28/h4-5,7-11,14-16,22H,6,12-13H2,1-3H3,(H,30,31)/p+1. The minimum Gasteiger partial charge on any atom is -0.507 e. The SMILES string of the molecule is COc1cccc(C(O)=C2C(=O)C(=O)N(CCC[n+]3cc[nH]c3)C2c2cccc(OC)c2OC)c1. The van der Waals surface area contributed by atoms with E-state index in [1.807, 2.05) is 23.3 Å². The van der Waals surface area contributed by atoms with Crippen LogP contribution in [0.2, 0.25) is 0 Å². The Labute approximate surface area is 203 Å². The summed E-state index contributed by atoms with van der Waals surface area (Å²) < 4.78 is 18.3. The fourth-order valence-corrected chi connectivity index (χ4v) is 4.37. The van der Waals surface area contributed by atoms with Crippen molar-refractivity contribution >= 4 is 17.4 Å². The third-order valence-corrected chi connectivity index (χ3v) is 6.03. The maximum absolute atomic E-state index is 13.3. The second kappa shape index (κ2) is 10.3. The molecule has 182 valence electrons. The molecule has 9 heteroatoms. The molecule has 2 N–H and O–H groups in total. The molecule has 1 aliphatic heterocycles. The molecular weight excluding hydrogens is 450 g/mol. The number of H-pyrrole nitrogens is 1. The van der Waals surface area contributed by atoms with Crippen LogP contribution in [0.1, 0.15) is 23.6 Å². The van der Waals surface area contributed by atoms with Gasteiger partial charge in [-0.25, -0.2) is 4.57 Å². The van der Waals surface area contributed by atoms with E-state index in [0.29, 0.717) is 47.9 Å². The summed E-state index contributed by atoms with van der Waals surface area (Å²) in [7, 11) is 4.53. The van der Waals surface area contributed by atoms with Crippen LogP contribution in [0.15, 0.2) is 66.8 Å². The Morgan fingerprint density at radius 1 is 1.09 bits per heavy atom. The maximum Gasteiger partial charge on any atom is 0.295 e. The highest BCUT2D eigenvalue weighted by Gasteiger charge is 2.47. The molecule has 35 heavy (non-hydrogen) atoms. The summed E-state index contributed by atoms with van der Waals surface area (Å²) in [6.07, 6.45) is 6.11. The number of nitrogens with zero attached hydrogens (tertiary/aromatic N) is 2. The van der Waals surface area contributed by atoms with Crippen LogP contribution in [-0.4, -0.2) is 54.6 Å². The van der Waals surface area contributed by atoms with E-state index >= 15 is 0 Å². The van der Waals surface area contributed by atoms with Crippen molar-refractivity contribution in [3.05, 3.63) is 77.9 Å². The number of aromatic amines is 1. The molecule has 4 rings (SSSR count). The molecule has 0 aliphatic carbocycles. The van der Waals surface area contributed by atoms with Crippen LogP contribution in [0.5, 0.6) is 17.2 Å². The highest BCUT2D eigenvalue weighted by molar-refractivity contribution is 6.46. The number of aliphatic hydroxyl groups is 1. The maximum atomic E-state index is 13.3. The predicted molar refractivity (Wildman–Crippen MR) is 127 cm³/mol. The molecule has 1 amide bonds. The number of ether oxygens (including phenoxy) is 3. The van der Waals surface area contributed by atoms with Gasteiger partial charge >= 0.3 is 0 Å². The average molecular weight is 479 g/mol. The minimum absolute atomic E-state index is 0.0101. The molecular formula is C26H28N3O6+. The third-order valence-electron chi connectivity index (χ3n) is 6.03. The zero-order valence-corrected chi connectivity index (χ0v) is 19.9. The Kier molecular flexibility index (Phi) is 7.05. The Morgan fingerprint density at radius 3 is 2.57 bits per heavy atom. The molecule has 1 aliphatic rings. The van der Waals surface area contributed by atoms with Crippen LogP contribution >= 0.6 is 0 Å². The number of ketones is 1. The lowest BCUT2D eigenvalue weighted by atomic mass is 9.94. The molecule has 1 atom stereocenters. The number of carbonyl (C=O) groups excluding carboxylic acids is 2. The summed E-state index contributed by atoms with van der Waals surface area (Å²) >= 11 is 0. The molecule has 1 unspecified atom stereocenters. The lowest BCUT2D eigenvalue weighted by Crippen LogP contribution is -2.36. The number of imidazole rings is 1. The highest BCUT2D eigenvalue weighted by atomic mass is 16.5. The molecule has 1 aromatic heterocycles. The molecule has 1 saturated heterocycles. The molecule has 0 bridgehead atoms. The topological polar surface area (TPSA) is 105 Å². The van der Waals surface area contributed by atoms with Gasteiger partial charge in [0, 0.05) is 24.1 Å². The van der Waals surface area contributed by atoms with E-state index in [-0.39, 0.29) is 11.3 Å². The van der Waals surface area contributed by atoms with Gasteiger partial charge in [0.15, 0.2) is 11.5 Å². The number of rotatable bonds is 9. The second-order valence-electron chi connectivity index (χ2n) is 8.01. The number of amides is 1. The normalized spacial score (nSPS) is 17.0. The zero-order valence-electron chi connectivity index (χ0n) is 19.9. The van der Waals surface area contributed by atoms with Gasteiger partial charge in [-0.2, -0.15) is 0 Å². The minimum atomic E-state index is -0.859. The van der Waals surface area contributed by atoms with E-state index in [2.05, 4.69) is 4.98 Å². The number of Topliss-reactive ketones (excluding diaryl/α,β-unsaturated/α-hetero) is 1. The monoisotopic (exact) mass is 478 g/mol. The van der Waals surface area contributed by atoms with Gasteiger partial charge in [-0.3, -0.25) is 14.6 Å². The van der Waals surface area contributed by atoms with Crippen LogP contribution in [0.3, 0.4) is 0 Å². The summed E-state index contributed by atoms with van der Waals surface area (Å²) in [5.41, 5.74) is 0.908. The fraction of sp³-hybridized carbons (Fsp3) is 0.269. The van der Waals surface area contributed by atoms with Gasteiger partial charge in [0.2, 0.25) is 6.33 Å². The van der Waals surface area contributed by atoms with Gasteiger partial charge in [-0.1, -0.05) is 24.3 Å². The van der Waals surface area contributed by atoms with Crippen LogP contribution in [0.4, 0.5) is 0 Å². The van der Waals surface area contributed by atoms with Crippen molar-refractivity contribution in [1.82, 2.24) is 9.88 Å². The number of para-hydroxylation sites is 1. The van der Waals surface area contributed by atoms with Gasteiger partial charge in [-0.05, 0) is 18.2 Å². The van der Waals surface area contributed by atoms with Gasteiger partial charge < -0.3 is 24.2 Å². The zero-order chi connectivity index (χ0) is 24.9. The molecule has 0 spiro atoms. The van der Waals surface area contributed by atoms with Crippen molar-refractivity contribution < 1.29 is 33.5 Å². The number of aromatic nitrogens is 2. The van der Waals surface area contributed by atoms with E-state index in [0.717, 1.165) is 0 Å². The van der Waals surface area contributed by atoms with E-state index in [4.69, 9.17) is 14.2 Å². The van der Waals surface area contributed by atoms with Crippen molar-refractivity contribution in [3.8, 4) is 17.2 Å². The number of hydrogen-bond acceptors (Lipinski definition) is 6. The van der Waals surface area contributed by atoms with E-state index in [1.165, 1.54) is 26.2 Å². The average Bonchev–Trinajstić information content (AvgIpc) is 3.50. The second-order valence-corrected chi connectivity index (χ2v) is 8.01. The first-order chi connectivity index (χ1) is 17.0. The van der Waals surface area contributed by atoms with E-state index < -0.39 is 17.7 Å². The summed E-state index contributed by atoms with van der Waals surface area (Å²) in [5.74, 6) is -0.344. The van der Waals surface area contributed by atoms with Crippen molar-refractivity contribution in [3.63, 3.8) is 0 Å². The van der Waals surface area contributed by atoms with Crippen LogP contribution in [0.25, 0.3) is 5.76 Å². The first-order valence-electron chi connectivity index (χ1n) is 11.2. The molecule has 1 fully saturated rings. The Balaban J connectivity index is 1.82. The Bertz CT molecular complexity index is 1250. The number of nitrogens with one attached hydrogen (secondary N) is 1. The Morgan fingerprint density at radius 2 is 1.89 bits per heavy atom. The van der Waals surface area contributed by atoms with Gasteiger partial charge in [0.1, 0.15) is 23.9 Å². The number of aryl methyl sites for hydroxylation is 1. The molecule has 2 heterocycles. The van der Waals surface area contributed by atoms with E-state index in [9.17, 15) is 14.7 Å². The first kappa shape index (κ1) is 23.9. The molecule has 9 nitrogen and oxygen atoms in total. The summed E-state index contributed by atoms with van der Waals surface area (Å²) in [6.45, 7) is 0.938. The predicted octanol–water partition coefficient (Wildman–Crippen LogP) is 2.84. The molecule has 3 aromatic rings. The number of hydrogen-bond donors (Lipinski definition) is 2. The van der Waals surface area contributed by atoms with Crippen LogP contribution in [0, 0.1) is 0 Å². The van der Waals surface area contributed by atoms with Gasteiger partial charge in [0.25, 0.3) is 11.7 Å². The third kappa shape index (κ3) is 4.57. The summed E-state index contributed by atoms with van der Waals surface area (Å²) in [4.78, 5) is 31.0. The number of methoxy groups -OCH3 is 3. The van der Waals surface area contributed by atoms with Crippen molar-refractivity contribution in [2.75, 3.05) is 27.9 Å². The van der Waals surface area contributed by atoms with Crippen LogP contribution in [-0.2, 0) is 16.1 Å². The first-order valence-corrected chi connectivity index (χ1v) is 11.2. The van der Waals surface area contributed by atoms with Crippen LogP contribution < -0.4 is 18.8 Å². The smallest absolute Gasteiger partial charge is 0.295 e. The summed E-state index contributed by atoms with van der Waals surface area (Å²) in [6, 6.07) is 11.1. The number of aliphatic hydroxyl groups excluding tert-OH is 1. The van der Waals surface area contributed by atoms with Gasteiger partial charge in [-0.15, -0.1) is 0 Å². The number of carbonyl (C=O) groups is 2. The van der Waals surface area contributed by atoms with Gasteiger partial charge in [0.05, 0.1) is 39.5 Å². The summed E-state index contributed by atoms with van der Waals surface area (Å²) in [5, 5.41) is 11.3. The number of likely N-dealkylation sites (tertiary alicyclic amines) is 1. The lowest BCUT2D eigenvalue weighted by Gasteiger charge is -2.27. The van der Waals surface area contributed by atoms with Crippen molar-refractivity contribution in [1.29, 1.82) is 0 Å². The fourth-order valence-electron chi connectivity index (χ4n) is 4.37. The largest absolute Gasteiger partial charge is 0.507 e. The molecule has 0 saturated carbocycles.